The van der Waals surface area contributed by atoms with Crippen molar-refractivity contribution in [1.82, 2.24) is 0 Å². The van der Waals surface area contributed by atoms with Crippen molar-refractivity contribution < 1.29 is 19.0 Å². The molecule has 7 nitrogen and oxygen atoms in total. The molecule has 0 N–H and O–H groups in total. The molecule has 1 aliphatic heterocycles. The fraction of sp³-hybridized carbons (Fsp3) is 0.250. The van der Waals surface area contributed by atoms with Gasteiger partial charge in [-0.05, 0) is 25.1 Å². The van der Waals surface area contributed by atoms with E-state index in [2.05, 4.69) is 10.2 Å². The van der Waals surface area contributed by atoms with E-state index in [0.717, 1.165) is 11.3 Å². The smallest absolute Gasteiger partial charge is 0.279 e. The van der Waals surface area contributed by atoms with Gasteiger partial charge >= 0.3 is 0 Å². The number of rotatable bonds is 6. The molecule has 0 saturated heterocycles. The lowest BCUT2D eigenvalue weighted by atomic mass is 10.1. The molecule has 3 rings (SSSR count). The molecule has 0 aromatic heterocycles. The molecule has 0 fully saturated rings. The third-order valence-electron chi connectivity index (χ3n) is 4.27. The summed E-state index contributed by atoms with van der Waals surface area (Å²) in [5.74, 6) is 1.39. The highest BCUT2D eigenvalue weighted by Crippen LogP contribution is 2.37. The Balaban J connectivity index is 1.94. The predicted octanol–water partition coefficient (Wildman–Crippen LogP) is 2.90. The topological polar surface area (TPSA) is 72.7 Å². The van der Waals surface area contributed by atoms with Crippen LogP contribution in [0.15, 0.2) is 46.6 Å². The van der Waals surface area contributed by atoms with Gasteiger partial charge in [0.15, 0.2) is 17.2 Å². The molecule has 2 aromatic rings. The Morgan fingerprint density at radius 2 is 1.70 bits per heavy atom. The summed E-state index contributed by atoms with van der Waals surface area (Å²) in [5, 5.41) is 8.29. The summed E-state index contributed by atoms with van der Waals surface area (Å²) in [7, 11) is 4.64. The van der Waals surface area contributed by atoms with Gasteiger partial charge in [0, 0.05) is 17.7 Å². The second-order valence-corrected chi connectivity index (χ2v) is 5.72. The van der Waals surface area contributed by atoms with E-state index < -0.39 is 0 Å². The number of fused-ring (bicyclic) bond motifs is 1. The highest BCUT2D eigenvalue weighted by atomic mass is 16.5. The van der Waals surface area contributed by atoms with Gasteiger partial charge in [0.25, 0.3) is 5.91 Å². The molecule has 7 heteroatoms. The summed E-state index contributed by atoms with van der Waals surface area (Å²) in [4.78, 5) is 14.3. The number of para-hydroxylation sites is 1. The lowest BCUT2D eigenvalue weighted by Gasteiger charge is -2.12. The van der Waals surface area contributed by atoms with E-state index in [-0.39, 0.29) is 5.91 Å². The van der Waals surface area contributed by atoms with Crippen LogP contribution in [-0.4, -0.2) is 45.7 Å². The van der Waals surface area contributed by atoms with E-state index in [1.165, 1.54) is 0 Å². The van der Waals surface area contributed by atoms with Crippen LogP contribution in [0.1, 0.15) is 18.1 Å². The lowest BCUT2D eigenvalue weighted by molar-refractivity contribution is -0.112. The molecule has 0 spiro atoms. The predicted molar refractivity (Wildman–Crippen MR) is 105 cm³/mol. The summed E-state index contributed by atoms with van der Waals surface area (Å²) in [6.07, 6.45) is 1.54. The normalized spacial score (nSPS) is 14.7. The monoisotopic (exact) mass is 367 g/mol. The van der Waals surface area contributed by atoms with Gasteiger partial charge in [-0.15, -0.1) is 5.10 Å². The van der Waals surface area contributed by atoms with E-state index in [4.69, 9.17) is 14.2 Å². The number of nitrogens with zero attached hydrogens (tertiary/aromatic N) is 3. The number of likely N-dealkylation sites (N-methyl/N-ethyl adjacent to an activating group) is 1. The summed E-state index contributed by atoms with van der Waals surface area (Å²) in [6.45, 7) is 2.50. The Morgan fingerprint density at radius 3 is 2.30 bits per heavy atom. The standard InChI is InChI=1S/C20H21N3O4/c1-5-23-15-9-7-6-8-14(15)18(20(23)24)22-21-12-13-10-16(25-2)19(27-4)17(11-13)26-3/h6-12H,5H2,1-4H3/b21-12-,22-18+. The van der Waals surface area contributed by atoms with Crippen molar-refractivity contribution in [2.45, 2.75) is 6.92 Å². The van der Waals surface area contributed by atoms with Crippen LogP contribution in [0.25, 0.3) is 0 Å². The first-order valence-corrected chi connectivity index (χ1v) is 8.46. The number of hydrogen-bond donors (Lipinski definition) is 0. The maximum Gasteiger partial charge on any atom is 0.279 e. The number of hydrogen-bond acceptors (Lipinski definition) is 6. The minimum absolute atomic E-state index is 0.152. The Morgan fingerprint density at radius 1 is 1.04 bits per heavy atom. The van der Waals surface area contributed by atoms with E-state index in [0.29, 0.717) is 35.1 Å². The minimum atomic E-state index is -0.152. The van der Waals surface area contributed by atoms with Crippen LogP contribution < -0.4 is 19.1 Å². The number of anilines is 1. The number of ether oxygens (including phenoxy) is 3. The number of carbonyl (C=O) groups excluding carboxylic acids is 1. The summed E-state index contributed by atoms with van der Waals surface area (Å²) in [6, 6.07) is 11.1. The molecule has 2 aromatic carbocycles. The molecule has 0 aliphatic carbocycles. The molecular formula is C20H21N3O4. The zero-order valence-corrected chi connectivity index (χ0v) is 15.7. The summed E-state index contributed by atoms with van der Waals surface area (Å²) in [5.41, 5.74) is 2.68. The molecular weight excluding hydrogens is 346 g/mol. The van der Waals surface area contributed by atoms with Crippen molar-refractivity contribution >= 4 is 23.5 Å². The molecule has 0 bridgehead atoms. The van der Waals surface area contributed by atoms with Gasteiger partial charge in [0.2, 0.25) is 5.75 Å². The fourth-order valence-corrected chi connectivity index (χ4v) is 3.00. The van der Waals surface area contributed by atoms with E-state index in [1.807, 2.05) is 31.2 Å². The van der Waals surface area contributed by atoms with Crippen molar-refractivity contribution in [3.05, 3.63) is 47.5 Å². The van der Waals surface area contributed by atoms with Crippen molar-refractivity contribution in [2.75, 3.05) is 32.8 Å². The van der Waals surface area contributed by atoms with Crippen molar-refractivity contribution in [1.29, 1.82) is 0 Å². The average molecular weight is 367 g/mol. The third kappa shape index (κ3) is 3.36. The quantitative estimate of drug-likeness (QED) is 0.581. The largest absolute Gasteiger partial charge is 0.493 e. The number of methoxy groups -OCH3 is 3. The molecule has 0 radical (unpaired) electrons. The van der Waals surface area contributed by atoms with Gasteiger partial charge in [0.05, 0.1) is 33.2 Å². The van der Waals surface area contributed by atoms with Crippen LogP contribution >= 0.6 is 0 Å². The maximum atomic E-state index is 12.6. The molecule has 1 amide bonds. The fourth-order valence-electron chi connectivity index (χ4n) is 3.00. The van der Waals surface area contributed by atoms with Gasteiger partial charge in [-0.25, -0.2) is 0 Å². The van der Waals surface area contributed by atoms with Crippen LogP contribution in [0.4, 0.5) is 5.69 Å². The molecule has 0 saturated carbocycles. The van der Waals surface area contributed by atoms with Crippen LogP contribution in [-0.2, 0) is 4.79 Å². The van der Waals surface area contributed by atoms with E-state index in [1.54, 1.807) is 44.6 Å². The Labute approximate surface area is 157 Å². The molecule has 0 unspecified atom stereocenters. The van der Waals surface area contributed by atoms with Gasteiger partial charge in [-0.2, -0.15) is 5.10 Å². The van der Waals surface area contributed by atoms with Crippen LogP contribution in [0.2, 0.25) is 0 Å². The third-order valence-corrected chi connectivity index (χ3v) is 4.27. The number of amides is 1. The second-order valence-electron chi connectivity index (χ2n) is 5.72. The Hall–Kier alpha value is -3.35. The van der Waals surface area contributed by atoms with Gasteiger partial charge in [-0.1, -0.05) is 18.2 Å². The summed E-state index contributed by atoms with van der Waals surface area (Å²) >= 11 is 0. The number of carbonyl (C=O) groups is 1. The van der Waals surface area contributed by atoms with Gasteiger partial charge in [-0.3, -0.25) is 4.79 Å². The maximum absolute atomic E-state index is 12.6. The molecule has 1 heterocycles. The van der Waals surface area contributed by atoms with Crippen LogP contribution in [0, 0.1) is 0 Å². The second kappa shape index (κ2) is 7.90. The first-order chi connectivity index (χ1) is 13.1. The first kappa shape index (κ1) is 18.4. The average Bonchev–Trinajstić information content (AvgIpc) is 2.98. The molecule has 1 aliphatic rings. The lowest BCUT2D eigenvalue weighted by Crippen LogP contribution is -2.29. The van der Waals surface area contributed by atoms with Crippen molar-refractivity contribution in [3.8, 4) is 17.2 Å². The van der Waals surface area contributed by atoms with Crippen LogP contribution in [0.5, 0.6) is 17.2 Å². The van der Waals surface area contributed by atoms with Gasteiger partial charge < -0.3 is 19.1 Å². The van der Waals surface area contributed by atoms with Gasteiger partial charge in [0.1, 0.15) is 0 Å². The highest BCUT2D eigenvalue weighted by molar-refractivity contribution is 6.54. The Kier molecular flexibility index (Phi) is 5.40. The van der Waals surface area contributed by atoms with Crippen molar-refractivity contribution in [2.24, 2.45) is 10.2 Å². The van der Waals surface area contributed by atoms with Crippen LogP contribution in [0.3, 0.4) is 0 Å². The molecule has 0 atom stereocenters. The van der Waals surface area contributed by atoms with Crippen molar-refractivity contribution in [3.63, 3.8) is 0 Å². The van der Waals surface area contributed by atoms with E-state index in [9.17, 15) is 4.79 Å². The number of benzene rings is 2. The summed E-state index contributed by atoms with van der Waals surface area (Å²) < 4.78 is 16.0. The van der Waals surface area contributed by atoms with E-state index >= 15 is 0 Å². The first-order valence-electron chi connectivity index (χ1n) is 8.46. The molecule has 140 valence electrons. The zero-order chi connectivity index (χ0) is 19.4. The molecule has 27 heavy (non-hydrogen) atoms. The zero-order valence-electron chi connectivity index (χ0n) is 15.7. The Bertz CT molecular complexity index is 896. The highest BCUT2D eigenvalue weighted by Gasteiger charge is 2.32. The minimum Gasteiger partial charge on any atom is -0.493 e. The SMILES string of the molecule is CCN1C(=O)/C(=N/N=C\c2cc(OC)c(OC)c(OC)c2)c2ccccc21.